The van der Waals surface area contributed by atoms with Gasteiger partial charge in [-0.1, -0.05) is 13.3 Å². The summed E-state index contributed by atoms with van der Waals surface area (Å²) < 4.78 is 0. The van der Waals surface area contributed by atoms with Crippen LogP contribution in [-0.2, 0) is 0 Å². The van der Waals surface area contributed by atoms with Crippen LogP contribution in [0.2, 0.25) is 0 Å². The highest BCUT2D eigenvalue weighted by molar-refractivity contribution is 7.99. The molecule has 1 nitrogen and oxygen atoms in total. The van der Waals surface area contributed by atoms with Gasteiger partial charge in [0.15, 0.2) is 0 Å². The summed E-state index contributed by atoms with van der Waals surface area (Å²) >= 11 is 1.95. The van der Waals surface area contributed by atoms with Crippen LogP contribution < -0.4 is 0 Å². The van der Waals surface area contributed by atoms with E-state index in [-0.39, 0.29) is 0 Å². The number of hydrogen-bond acceptors (Lipinski definition) is 2. The van der Waals surface area contributed by atoms with Crippen LogP contribution >= 0.6 is 11.8 Å². The molecule has 0 amide bonds. The molecule has 1 rings (SSSR count). The lowest BCUT2D eigenvalue weighted by atomic mass is 10.1. The van der Waals surface area contributed by atoms with E-state index in [0.717, 1.165) is 12.2 Å². The lowest BCUT2D eigenvalue weighted by molar-refractivity contribution is 0.715. The van der Waals surface area contributed by atoms with E-state index in [1.807, 2.05) is 11.8 Å². The molecule has 0 spiro atoms. The van der Waals surface area contributed by atoms with Crippen LogP contribution in [-0.4, -0.2) is 11.0 Å². The number of nitriles is 1. The second-order valence-corrected chi connectivity index (χ2v) is 4.18. The van der Waals surface area contributed by atoms with E-state index in [4.69, 9.17) is 5.26 Å². The molecule has 0 N–H and O–H groups in total. The van der Waals surface area contributed by atoms with Crippen LogP contribution in [0.3, 0.4) is 0 Å². The van der Waals surface area contributed by atoms with E-state index in [2.05, 4.69) is 13.0 Å². The lowest BCUT2D eigenvalue weighted by Crippen LogP contribution is -2.07. The first kappa shape index (κ1) is 7.94. The smallest absolute Gasteiger partial charge is 0.0667 e. The Morgan fingerprint density at radius 1 is 1.60 bits per heavy atom. The molecule has 1 fully saturated rings. The molecule has 10 heavy (non-hydrogen) atoms. The largest absolute Gasteiger partial charge is 0.198 e. The zero-order valence-electron chi connectivity index (χ0n) is 6.34. The highest BCUT2D eigenvalue weighted by Gasteiger charge is 2.26. The molecule has 0 aromatic heterocycles. The SMILES string of the molecule is CCSC1CCCC1C#N. The highest BCUT2D eigenvalue weighted by atomic mass is 32.2. The van der Waals surface area contributed by atoms with Crippen LogP contribution in [0.1, 0.15) is 26.2 Å². The van der Waals surface area contributed by atoms with Crippen molar-refractivity contribution in [3.05, 3.63) is 0 Å². The van der Waals surface area contributed by atoms with Gasteiger partial charge in [-0.15, -0.1) is 0 Å². The number of nitrogens with zero attached hydrogens (tertiary/aromatic N) is 1. The number of hydrogen-bond donors (Lipinski definition) is 0. The van der Waals surface area contributed by atoms with Gasteiger partial charge in [-0.25, -0.2) is 0 Å². The average molecular weight is 155 g/mol. The van der Waals surface area contributed by atoms with Gasteiger partial charge in [0.25, 0.3) is 0 Å². The lowest BCUT2D eigenvalue weighted by Gasteiger charge is -2.09. The van der Waals surface area contributed by atoms with E-state index in [1.54, 1.807) is 0 Å². The minimum Gasteiger partial charge on any atom is -0.198 e. The summed E-state index contributed by atoms with van der Waals surface area (Å²) in [6.07, 6.45) is 3.65. The number of thioether (sulfide) groups is 1. The monoisotopic (exact) mass is 155 g/mol. The summed E-state index contributed by atoms with van der Waals surface area (Å²) in [5.41, 5.74) is 0. The Kier molecular flexibility index (Phi) is 3.08. The maximum absolute atomic E-state index is 8.70. The Hall–Kier alpha value is -0.160. The van der Waals surface area contributed by atoms with Crippen molar-refractivity contribution < 1.29 is 0 Å². The Morgan fingerprint density at radius 2 is 2.40 bits per heavy atom. The van der Waals surface area contributed by atoms with E-state index in [9.17, 15) is 0 Å². The molecular weight excluding hydrogens is 142 g/mol. The molecule has 1 saturated carbocycles. The molecule has 0 bridgehead atoms. The van der Waals surface area contributed by atoms with Crippen molar-refractivity contribution in [1.82, 2.24) is 0 Å². The molecule has 0 aliphatic heterocycles. The normalized spacial score (nSPS) is 32.0. The van der Waals surface area contributed by atoms with Gasteiger partial charge in [0.05, 0.1) is 12.0 Å². The van der Waals surface area contributed by atoms with Crippen molar-refractivity contribution in [3.63, 3.8) is 0 Å². The molecule has 1 aliphatic rings. The van der Waals surface area contributed by atoms with Crippen LogP contribution in [0, 0.1) is 17.2 Å². The Labute approximate surface area is 66.8 Å². The Bertz CT molecular complexity index is 139. The first-order valence-corrected chi connectivity index (χ1v) is 4.94. The molecule has 0 radical (unpaired) electrons. The van der Waals surface area contributed by atoms with Crippen molar-refractivity contribution in [2.75, 3.05) is 5.75 Å². The molecule has 0 aromatic carbocycles. The molecule has 2 atom stereocenters. The molecule has 56 valence electrons. The first-order valence-electron chi connectivity index (χ1n) is 3.89. The van der Waals surface area contributed by atoms with Gasteiger partial charge < -0.3 is 0 Å². The van der Waals surface area contributed by atoms with Crippen molar-refractivity contribution >= 4 is 11.8 Å². The molecule has 2 unspecified atom stereocenters. The Balaban J connectivity index is 2.36. The van der Waals surface area contributed by atoms with E-state index in [1.165, 1.54) is 12.8 Å². The van der Waals surface area contributed by atoms with E-state index in [0.29, 0.717) is 11.2 Å². The van der Waals surface area contributed by atoms with Gasteiger partial charge in [-0.3, -0.25) is 0 Å². The van der Waals surface area contributed by atoms with Crippen LogP contribution in [0.25, 0.3) is 0 Å². The van der Waals surface area contributed by atoms with Crippen LogP contribution in [0.5, 0.6) is 0 Å². The maximum Gasteiger partial charge on any atom is 0.0667 e. The van der Waals surface area contributed by atoms with Gasteiger partial charge in [-0.05, 0) is 18.6 Å². The number of rotatable bonds is 2. The third-order valence-electron chi connectivity index (χ3n) is 2.00. The van der Waals surface area contributed by atoms with Gasteiger partial charge in [0.1, 0.15) is 0 Å². The molecule has 1 aliphatic carbocycles. The van der Waals surface area contributed by atoms with Crippen molar-refractivity contribution in [2.45, 2.75) is 31.4 Å². The summed E-state index contributed by atoms with van der Waals surface area (Å²) in [6, 6.07) is 2.38. The van der Waals surface area contributed by atoms with E-state index >= 15 is 0 Å². The third-order valence-corrected chi connectivity index (χ3v) is 3.32. The predicted molar refractivity (Wildman–Crippen MR) is 44.9 cm³/mol. The highest BCUT2D eigenvalue weighted by Crippen LogP contribution is 2.34. The molecule has 2 heteroatoms. The van der Waals surface area contributed by atoms with Crippen molar-refractivity contribution in [2.24, 2.45) is 5.92 Å². The summed E-state index contributed by atoms with van der Waals surface area (Å²) in [5.74, 6) is 1.51. The van der Waals surface area contributed by atoms with Crippen LogP contribution in [0.15, 0.2) is 0 Å². The quantitative estimate of drug-likeness (QED) is 0.611. The minimum atomic E-state index is 0.352. The maximum atomic E-state index is 8.70. The molecular formula is C8H13NS. The summed E-state index contributed by atoms with van der Waals surface area (Å²) in [4.78, 5) is 0. The standard InChI is InChI=1S/C8H13NS/c1-2-10-8-5-3-4-7(8)6-9/h7-8H,2-5H2,1H3. The fraction of sp³-hybridized carbons (Fsp3) is 0.875. The fourth-order valence-corrected chi connectivity index (χ4v) is 2.68. The fourth-order valence-electron chi connectivity index (χ4n) is 1.49. The van der Waals surface area contributed by atoms with E-state index < -0.39 is 0 Å². The zero-order chi connectivity index (χ0) is 7.40. The zero-order valence-corrected chi connectivity index (χ0v) is 7.16. The first-order chi connectivity index (χ1) is 4.88. The summed E-state index contributed by atoms with van der Waals surface area (Å²) in [7, 11) is 0. The molecule has 0 saturated heterocycles. The Morgan fingerprint density at radius 3 is 3.00 bits per heavy atom. The second-order valence-electron chi connectivity index (χ2n) is 2.66. The van der Waals surface area contributed by atoms with Gasteiger partial charge in [0, 0.05) is 5.25 Å². The average Bonchev–Trinajstić information content (AvgIpc) is 2.36. The summed E-state index contributed by atoms with van der Waals surface area (Å²) in [6.45, 7) is 2.16. The van der Waals surface area contributed by atoms with Gasteiger partial charge in [0.2, 0.25) is 0 Å². The van der Waals surface area contributed by atoms with Gasteiger partial charge in [-0.2, -0.15) is 17.0 Å². The minimum absolute atomic E-state index is 0.352. The third kappa shape index (κ3) is 1.67. The summed E-state index contributed by atoms with van der Waals surface area (Å²) in [5, 5.41) is 9.35. The predicted octanol–water partition coefficient (Wildman–Crippen LogP) is 2.43. The molecule has 0 heterocycles. The molecule has 0 aromatic rings. The van der Waals surface area contributed by atoms with Crippen LogP contribution in [0.4, 0.5) is 0 Å². The van der Waals surface area contributed by atoms with Crippen molar-refractivity contribution in [1.29, 1.82) is 5.26 Å². The second kappa shape index (κ2) is 3.88. The van der Waals surface area contributed by atoms with Gasteiger partial charge >= 0.3 is 0 Å². The van der Waals surface area contributed by atoms with Crippen molar-refractivity contribution in [3.8, 4) is 6.07 Å². The topological polar surface area (TPSA) is 23.8 Å².